The fourth-order valence-corrected chi connectivity index (χ4v) is 4.51. The standard InChI is InChI=1S/C17H25BrN2O4S/c1-13-11-19(9-10-20(13)16(21)24-17(2,3)4)25(22,23)12-14-5-7-15(18)8-6-14/h5-8,13H,9-12H2,1-4H3/t13-/m0/s1. The molecular formula is C17H25BrN2O4S. The number of rotatable bonds is 3. The van der Waals surface area contributed by atoms with Crippen LogP contribution in [0.2, 0.25) is 0 Å². The van der Waals surface area contributed by atoms with Gasteiger partial charge in [-0.25, -0.2) is 13.2 Å². The lowest BCUT2D eigenvalue weighted by Crippen LogP contribution is -2.56. The van der Waals surface area contributed by atoms with Crippen LogP contribution in [0.15, 0.2) is 28.7 Å². The summed E-state index contributed by atoms with van der Waals surface area (Å²) in [6.07, 6.45) is -0.398. The van der Waals surface area contributed by atoms with Gasteiger partial charge in [-0.15, -0.1) is 0 Å². The van der Waals surface area contributed by atoms with E-state index >= 15 is 0 Å². The van der Waals surface area contributed by atoms with Crippen molar-refractivity contribution in [3.63, 3.8) is 0 Å². The number of amides is 1. The molecule has 6 nitrogen and oxygen atoms in total. The number of benzene rings is 1. The maximum absolute atomic E-state index is 12.7. The van der Waals surface area contributed by atoms with Gasteiger partial charge in [0.25, 0.3) is 0 Å². The molecular weight excluding hydrogens is 408 g/mol. The third kappa shape index (κ3) is 5.69. The summed E-state index contributed by atoms with van der Waals surface area (Å²) in [6, 6.07) is 7.01. The molecule has 1 amide bonds. The minimum Gasteiger partial charge on any atom is -0.444 e. The molecule has 2 rings (SSSR count). The number of halogens is 1. The van der Waals surface area contributed by atoms with E-state index in [9.17, 15) is 13.2 Å². The number of piperazine rings is 1. The highest BCUT2D eigenvalue weighted by Gasteiger charge is 2.35. The lowest BCUT2D eigenvalue weighted by molar-refractivity contribution is 0.00857. The van der Waals surface area contributed by atoms with Crippen molar-refractivity contribution in [2.75, 3.05) is 19.6 Å². The lowest BCUT2D eigenvalue weighted by atomic mass is 10.2. The second kappa shape index (κ2) is 7.63. The first kappa shape index (κ1) is 20.2. The zero-order chi connectivity index (χ0) is 18.8. The molecule has 25 heavy (non-hydrogen) atoms. The minimum atomic E-state index is -3.43. The highest BCUT2D eigenvalue weighted by Crippen LogP contribution is 2.20. The molecule has 1 aliphatic heterocycles. The molecule has 1 saturated heterocycles. The summed E-state index contributed by atoms with van der Waals surface area (Å²) in [4.78, 5) is 13.8. The van der Waals surface area contributed by atoms with Gasteiger partial charge < -0.3 is 9.64 Å². The van der Waals surface area contributed by atoms with E-state index in [1.54, 1.807) is 17.0 Å². The number of hydrogen-bond donors (Lipinski definition) is 0. The molecule has 0 N–H and O–H groups in total. The predicted octanol–water partition coefficient (Wildman–Crippen LogP) is 3.22. The zero-order valence-electron chi connectivity index (χ0n) is 15.0. The smallest absolute Gasteiger partial charge is 0.410 e. The third-order valence-corrected chi connectivity index (χ3v) is 6.22. The monoisotopic (exact) mass is 432 g/mol. The van der Waals surface area contributed by atoms with Gasteiger partial charge in [-0.3, -0.25) is 0 Å². The average Bonchev–Trinajstić information content (AvgIpc) is 2.47. The molecule has 0 saturated carbocycles. The number of hydrogen-bond acceptors (Lipinski definition) is 4. The average molecular weight is 433 g/mol. The van der Waals surface area contributed by atoms with Crippen molar-refractivity contribution < 1.29 is 17.9 Å². The number of carbonyl (C=O) groups is 1. The van der Waals surface area contributed by atoms with E-state index in [2.05, 4.69) is 15.9 Å². The van der Waals surface area contributed by atoms with E-state index in [0.29, 0.717) is 6.54 Å². The Morgan fingerprint density at radius 2 is 1.84 bits per heavy atom. The van der Waals surface area contributed by atoms with E-state index < -0.39 is 21.7 Å². The molecule has 1 aliphatic rings. The Bertz CT molecular complexity index is 713. The molecule has 0 aromatic heterocycles. The van der Waals surface area contributed by atoms with Gasteiger partial charge in [0.2, 0.25) is 10.0 Å². The van der Waals surface area contributed by atoms with E-state index in [-0.39, 0.29) is 24.9 Å². The highest BCUT2D eigenvalue weighted by molar-refractivity contribution is 9.10. The van der Waals surface area contributed by atoms with Gasteiger partial charge in [-0.1, -0.05) is 28.1 Å². The minimum absolute atomic E-state index is 0.0422. The molecule has 0 bridgehead atoms. The molecule has 1 atom stereocenters. The molecule has 140 valence electrons. The number of nitrogens with zero attached hydrogens (tertiary/aromatic N) is 2. The third-order valence-electron chi connectivity index (χ3n) is 3.87. The van der Waals surface area contributed by atoms with Gasteiger partial charge in [0, 0.05) is 30.1 Å². The molecule has 1 aromatic rings. The van der Waals surface area contributed by atoms with Crippen LogP contribution in [0.4, 0.5) is 4.79 Å². The molecule has 0 spiro atoms. The first-order valence-electron chi connectivity index (χ1n) is 8.20. The van der Waals surface area contributed by atoms with Crippen molar-refractivity contribution in [2.24, 2.45) is 0 Å². The van der Waals surface area contributed by atoms with E-state index in [4.69, 9.17) is 4.74 Å². The van der Waals surface area contributed by atoms with Crippen LogP contribution in [0.3, 0.4) is 0 Å². The van der Waals surface area contributed by atoms with Crippen molar-refractivity contribution in [1.29, 1.82) is 0 Å². The first-order valence-corrected chi connectivity index (χ1v) is 10.6. The van der Waals surface area contributed by atoms with Crippen molar-refractivity contribution >= 4 is 32.0 Å². The molecule has 1 heterocycles. The summed E-state index contributed by atoms with van der Waals surface area (Å²) in [7, 11) is -3.43. The van der Waals surface area contributed by atoms with Crippen LogP contribution in [0.25, 0.3) is 0 Å². The summed E-state index contributed by atoms with van der Waals surface area (Å²) >= 11 is 3.34. The topological polar surface area (TPSA) is 66.9 Å². The van der Waals surface area contributed by atoms with Crippen molar-refractivity contribution in [2.45, 2.75) is 45.1 Å². The molecule has 0 radical (unpaired) electrons. The zero-order valence-corrected chi connectivity index (χ0v) is 17.4. The fraction of sp³-hybridized carbons (Fsp3) is 0.588. The summed E-state index contributed by atoms with van der Waals surface area (Å²) in [5.41, 5.74) is 0.173. The Morgan fingerprint density at radius 3 is 2.36 bits per heavy atom. The second-order valence-electron chi connectivity index (χ2n) is 7.26. The van der Waals surface area contributed by atoms with Crippen molar-refractivity contribution in [3.8, 4) is 0 Å². The van der Waals surface area contributed by atoms with Crippen LogP contribution in [0, 0.1) is 0 Å². The molecule has 8 heteroatoms. The molecule has 1 aromatic carbocycles. The SMILES string of the molecule is C[C@H]1CN(S(=O)(=O)Cc2ccc(Br)cc2)CCN1C(=O)OC(C)(C)C. The Morgan fingerprint density at radius 1 is 1.24 bits per heavy atom. The van der Waals surface area contributed by atoms with Crippen LogP contribution >= 0.6 is 15.9 Å². The largest absolute Gasteiger partial charge is 0.444 e. The fourth-order valence-electron chi connectivity index (χ4n) is 2.65. The van der Waals surface area contributed by atoms with Crippen LogP contribution in [-0.4, -0.2) is 55.0 Å². The summed E-state index contributed by atoms with van der Waals surface area (Å²) in [6.45, 7) is 8.17. The predicted molar refractivity (Wildman–Crippen MR) is 101 cm³/mol. The lowest BCUT2D eigenvalue weighted by Gasteiger charge is -2.39. The van der Waals surface area contributed by atoms with Crippen LogP contribution in [0.1, 0.15) is 33.3 Å². The normalized spacial score (nSPS) is 19.7. The Kier molecular flexibility index (Phi) is 6.17. The second-order valence-corrected chi connectivity index (χ2v) is 10.1. The van der Waals surface area contributed by atoms with Gasteiger partial charge in [-0.2, -0.15) is 4.31 Å². The maximum Gasteiger partial charge on any atom is 0.410 e. The summed E-state index contributed by atoms with van der Waals surface area (Å²) in [5.74, 6) is -0.0422. The van der Waals surface area contributed by atoms with Crippen LogP contribution < -0.4 is 0 Å². The maximum atomic E-state index is 12.7. The van der Waals surface area contributed by atoms with Crippen LogP contribution in [0.5, 0.6) is 0 Å². The van der Waals surface area contributed by atoms with Gasteiger partial charge >= 0.3 is 6.09 Å². The van der Waals surface area contributed by atoms with E-state index in [0.717, 1.165) is 10.0 Å². The Hall–Kier alpha value is -1.12. The first-order chi connectivity index (χ1) is 11.5. The van der Waals surface area contributed by atoms with Crippen LogP contribution in [-0.2, 0) is 20.5 Å². The Labute approximate surface area is 158 Å². The van der Waals surface area contributed by atoms with Crippen molar-refractivity contribution in [1.82, 2.24) is 9.21 Å². The number of carbonyl (C=O) groups excluding carboxylic acids is 1. The molecule has 0 aliphatic carbocycles. The van der Waals surface area contributed by atoms with E-state index in [1.807, 2.05) is 39.8 Å². The highest BCUT2D eigenvalue weighted by atomic mass is 79.9. The molecule has 1 fully saturated rings. The molecule has 0 unspecified atom stereocenters. The Balaban J connectivity index is 2.01. The number of ether oxygens (including phenoxy) is 1. The van der Waals surface area contributed by atoms with Gasteiger partial charge in [0.15, 0.2) is 0 Å². The summed E-state index contributed by atoms with van der Waals surface area (Å²) < 4.78 is 33.1. The van der Waals surface area contributed by atoms with Gasteiger partial charge in [-0.05, 0) is 45.4 Å². The van der Waals surface area contributed by atoms with Gasteiger partial charge in [0.05, 0.1) is 5.75 Å². The quantitative estimate of drug-likeness (QED) is 0.734. The number of sulfonamides is 1. The summed E-state index contributed by atoms with van der Waals surface area (Å²) in [5, 5.41) is 0. The van der Waals surface area contributed by atoms with E-state index in [1.165, 1.54) is 4.31 Å². The van der Waals surface area contributed by atoms with Gasteiger partial charge in [0.1, 0.15) is 5.60 Å². The van der Waals surface area contributed by atoms with Crippen molar-refractivity contribution in [3.05, 3.63) is 34.3 Å².